The van der Waals surface area contributed by atoms with Crippen LogP contribution in [0, 0.1) is 0 Å². The first-order valence-electron chi connectivity index (χ1n) is 8.27. The Morgan fingerprint density at radius 3 is 2.37 bits per heavy atom. The molecule has 1 atom stereocenters. The number of amides is 1. The molecule has 0 radical (unpaired) electrons. The zero-order valence-corrected chi connectivity index (χ0v) is 16.0. The van der Waals surface area contributed by atoms with E-state index in [9.17, 15) is 4.79 Å². The first-order valence-corrected chi connectivity index (χ1v) is 9.03. The van der Waals surface area contributed by atoms with Crippen LogP contribution in [-0.2, 0) is 4.79 Å². The van der Waals surface area contributed by atoms with Crippen LogP contribution in [0.15, 0.2) is 72.8 Å². The van der Waals surface area contributed by atoms with Gasteiger partial charge in [0, 0.05) is 5.02 Å². The van der Waals surface area contributed by atoms with Crippen molar-refractivity contribution in [1.82, 2.24) is 0 Å². The number of para-hydroxylation sites is 2. The van der Waals surface area contributed by atoms with Gasteiger partial charge in [0.2, 0.25) is 0 Å². The Balaban J connectivity index is 1.75. The van der Waals surface area contributed by atoms with Gasteiger partial charge in [0.15, 0.2) is 11.9 Å². The summed E-state index contributed by atoms with van der Waals surface area (Å²) in [5.74, 6) is 1.21. The van der Waals surface area contributed by atoms with E-state index in [1.165, 1.54) is 0 Å². The zero-order valence-electron chi connectivity index (χ0n) is 14.5. The topological polar surface area (TPSA) is 47.6 Å². The third-order valence-electron chi connectivity index (χ3n) is 3.68. The summed E-state index contributed by atoms with van der Waals surface area (Å²) in [5.41, 5.74) is 0.450. The molecule has 0 fully saturated rings. The van der Waals surface area contributed by atoms with Gasteiger partial charge in [-0.3, -0.25) is 4.79 Å². The molecule has 0 aliphatic rings. The van der Waals surface area contributed by atoms with Crippen LogP contribution in [0.1, 0.15) is 6.92 Å². The van der Waals surface area contributed by atoms with Crippen molar-refractivity contribution in [2.45, 2.75) is 13.0 Å². The molecular weight excluding hydrogens is 385 g/mol. The lowest BCUT2D eigenvalue weighted by atomic mass is 10.2. The van der Waals surface area contributed by atoms with Crippen molar-refractivity contribution in [3.05, 3.63) is 82.8 Å². The number of hydrogen-bond acceptors (Lipinski definition) is 3. The highest BCUT2D eigenvalue weighted by Gasteiger charge is 2.18. The van der Waals surface area contributed by atoms with Crippen LogP contribution >= 0.6 is 23.2 Å². The number of ether oxygens (including phenoxy) is 2. The van der Waals surface area contributed by atoms with E-state index >= 15 is 0 Å². The average molecular weight is 402 g/mol. The maximum Gasteiger partial charge on any atom is 0.265 e. The molecule has 3 aromatic carbocycles. The van der Waals surface area contributed by atoms with Gasteiger partial charge < -0.3 is 14.8 Å². The van der Waals surface area contributed by atoms with Crippen LogP contribution in [0.25, 0.3) is 0 Å². The van der Waals surface area contributed by atoms with Gasteiger partial charge >= 0.3 is 0 Å². The normalized spacial score (nSPS) is 11.5. The minimum Gasteiger partial charge on any atom is -0.479 e. The van der Waals surface area contributed by atoms with Crippen LogP contribution in [0.5, 0.6) is 17.2 Å². The molecule has 3 rings (SSSR count). The van der Waals surface area contributed by atoms with Gasteiger partial charge in [-0.15, -0.1) is 0 Å². The summed E-state index contributed by atoms with van der Waals surface area (Å²) < 4.78 is 11.5. The van der Waals surface area contributed by atoms with E-state index in [-0.39, 0.29) is 5.91 Å². The van der Waals surface area contributed by atoms with Crippen molar-refractivity contribution in [2.24, 2.45) is 0 Å². The van der Waals surface area contributed by atoms with Crippen molar-refractivity contribution in [2.75, 3.05) is 5.32 Å². The molecule has 6 heteroatoms. The molecule has 1 N–H and O–H groups in total. The monoisotopic (exact) mass is 401 g/mol. The standard InChI is InChI=1S/C21H17Cl2NO3/c1-14(26-19-10-6-5-9-17(19)23)21(25)24-18-13-15(22)11-12-20(18)27-16-7-3-2-4-8-16/h2-14H,1H3,(H,24,25). The summed E-state index contributed by atoms with van der Waals surface area (Å²) in [6.45, 7) is 1.64. The van der Waals surface area contributed by atoms with E-state index in [0.717, 1.165) is 0 Å². The Morgan fingerprint density at radius 2 is 1.63 bits per heavy atom. The van der Waals surface area contributed by atoms with E-state index in [0.29, 0.717) is 33.0 Å². The first kappa shape index (κ1) is 19.1. The number of halogens is 2. The molecule has 138 valence electrons. The number of benzene rings is 3. The van der Waals surface area contributed by atoms with Crippen LogP contribution < -0.4 is 14.8 Å². The second kappa shape index (κ2) is 8.80. The van der Waals surface area contributed by atoms with Crippen molar-refractivity contribution >= 4 is 34.8 Å². The molecule has 0 aliphatic heterocycles. The molecule has 0 saturated heterocycles. The minimum absolute atomic E-state index is 0.352. The number of rotatable bonds is 6. The fourth-order valence-electron chi connectivity index (χ4n) is 2.32. The number of hydrogen-bond donors (Lipinski definition) is 1. The van der Waals surface area contributed by atoms with E-state index in [4.69, 9.17) is 32.7 Å². The lowest BCUT2D eigenvalue weighted by Gasteiger charge is -2.17. The van der Waals surface area contributed by atoms with Gasteiger partial charge in [0.1, 0.15) is 11.5 Å². The van der Waals surface area contributed by atoms with Crippen LogP contribution in [0.4, 0.5) is 5.69 Å². The Hall–Kier alpha value is -2.69. The molecule has 27 heavy (non-hydrogen) atoms. The number of carbonyl (C=O) groups excluding carboxylic acids is 1. The largest absolute Gasteiger partial charge is 0.479 e. The molecule has 1 unspecified atom stereocenters. The average Bonchev–Trinajstić information content (AvgIpc) is 2.66. The minimum atomic E-state index is -0.770. The summed E-state index contributed by atoms with van der Waals surface area (Å²) in [4.78, 5) is 12.6. The maximum atomic E-state index is 12.6. The molecule has 0 saturated carbocycles. The Morgan fingerprint density at radius 1 is 0.926 bits per heavy atom. The van der Waals surface area contributed by atoms with Gasteiger partial charge in [0.25, 0.3) is 5.91 Å². The van der Waals surface area contributed by atoms with Crippen LogP contribution in [0.3, 0.4) is 0 Å². The summed E-state index contributed by atoms with van der Waals surface area (Å²) in [6, 6.07) is 21.3. The smallest absolute Gasteiger partial charge is 0.265 e. The predicted octanol–water partition coefficient (Wildman–Crippen LogP) is 6.19. The summed E-state index contributed by atoms with van der Waals surface area (Å²) in [7, 11) is 0. The lowest BCUT2D eigenvalue weighted by Crippen LogP contribution is -2.30. The lowest BCUT2D eigenvalue weighted by molar-refractivity contribution is -0.122. The molecule has 0 aromatic heterocycles. The quantitative estimate of drug-likeness (QED) is 0.535. The first-order chi connectivity index (χ1) is 13.0. The molecule has 3 aromatic rings. The number of anilines is 1. The van der Waals surface area contributed by atoms with E-state index in [1.807, 2.05) is 30.3 Å². The van der Waals surface area contributed by atoms with E-state index in [1.54, 1.807) is 49.4 Å². The fraction of sp³-hybridized carbons (Fsp3) is 0.0952. The van der Waals surface area contributed by atoms with Gasteiger partial charge in [-0.1, -0.05) is 53.5 Å². The van der Waals surface area contributed by atoms with Gasteiger partial charge in [-0.25, -0.2) is 0 Å². The Labute approximate surface area is 167 Å². The third-order valence-corrected chi connectivity index (χ3v) is 4.23. The zero-order chi connectivity index (χ0) is 19.2. The molecule has 1 amide bonds. The van der Waals surface area contributed by atoms with Crippen molar-refractivity contribution in [1.29, 1.82) is 0 Å². The van der Waals surface area contributed by atoms with Gasteiger partial charge in [-0.2, -0.15) is 0 Å². The second-order valence-electron chi connectivity index (χ2n) is 5.74. The second-order valence-corrected chi connectivity index (χ2v) is 6.58. The third kappa shape index (κ3) is 5.16. The summed E-state index contributed by atoms with van der Waals surface area (Å²) in [5, 5.41) is 3.71. The van der Waals surface area contributed by atoms with Crippen molar-refractivity contribution < 1.29 is 14.3 Å². The maximum absolute atomic E-state index is 12.6. The Bertz CT molecular complexity index is 932. The van der Waals surface area contributed by atoms with E-state index < -0.39 is 6.10 Å². The highest BCUT2D eigenvalue weighted by atomic mass is 35.5. The predicted molar refractivity (Wildman–Crippen MR) is 108 cm³/mol. The van der Waals surface area contributed by atoms with Crippen molar-refractivity contribution in [3.8, 4) is 17.2 Å². The summed E-state index contributed by atoms with van der Waals surface area (Å²) in [6.07, 6.45) is -0.770. The summed E-state index contributed by atoms with van der Waals surface area (Å²) >= 11 is 12.2. The molecular formula is C21H17Cl2NO3. The molecule has 0 aliphatic carbocycles. The fourth-order valence-corrected chi connectivity index (χ4v) is 2.68. The van der Waals surface area contributed by atoms with E-state index in [2.05, 4.69) is 5.32 Å². The Kier molecular flexibility index (Phi) is 6.22. The number of nitrogens with one attached hydrogen (secondary N) is 1. The highest BCUT2D eigenvalue weighted by Crippen LogP contribution is 2.32. The molecule has 0 spiro atoms. The van der Waals surface area contributed by atoms with Gasteiger partial charge in [-0.05, 0) is 49.4 Å². The van der Waals surface area contributed by atoms with Crippen LogP contribution in [-0.4, -0.2) is 12.0 Å². The highest BCUT2D eigenvalue weighted by molar-refractivity contribution is 6.32. The number of carbonyl (C=O) groups is 1. The van der Waals surface area contributed by atoms with Crippen molar-refractivity contribution in [3.63, 3.8) is 0 Å². The molecule has 0 heterocycles. The SMILES string of the molecule is CC(Oc1ccccc1Cl)C(=O)Nc1cc(Cl)ccc1Oc1ccccc1. The van der Waals surface area contributed by atoms with Crippen LogP contribution in [0.2, 0.25) is 10.0 Å². The van der Waals surface area contributed by atoms with Gasteiger partial charge in [0.05, 0.1) is 10.7 Å². The molecule has 0 bridgehead atoms. The molecule has 4 nitrogen and oxygen atoms in total.